The van der Waals surface area contributed by atoms with Crippen LogP contribution in [0.2, 0.25) is 5.02 Å². The number of carbonyl (C=O) groups is 1. The summed E-state index contributed by atoms with van der Waals surface area (Å²) in [4.78, 5) is 12.7. The maximum atomic E-state index is 13.3. The molecule has 2 aromatic rings. The topological polar surface area (TPSA) is 113 Å². The number of nitrogens with zero attached hydrogens (tertiary/aromatic N) is 2. The van der Waals surface area contributed by atoms with Gasteiger partial charge >= 0.3 is 6.18 Å². The second-order valence-electron chi connectivity index (χ2n) is 7.95. The van der Waals surface area contributed by atoms with Crippen molar-refractivity contribution in [3.63, 3.8) is 0 Å². The quantitative estimate of drug-likeness (QED) is 0.520. The normalized spacial score (nSPS) is 15.1. The monoisotopic (exact) mass is 569 g/mol. The minimum Gasteiger partial charge on any atom is -0.495 e. The predicted octanol–water partition coefficient (Wildman–Crippen LogP) is 3.56. The number of ether oxygens (including phenoxy) is 1. The van der Waals surface area contributed by atoms with Crippen molar-refractivity contribution >= 4 is 48.9 Å². The average Bonchev–Trinajstić information content (AvgIpc) is 3.32. The minimum absolute atomic E-state index is 0.0525. The number of anilines is 2. The molecule has 1 saturated heterocycles. The molecular formula is C21H23ClF3N3O6S2. The van der Waals surface area contributed by atoms with Crippen LogP contribution in [0, 0.1) is 0 Å². The van der Waals surface area contributed by atoms with Crippen molar-refractivity contribution in [1.29, 1.82) is 0 Å². The molecule has 0 aliphatic carbocycles. The van der Waals surface area contributed by atoms with Crippen LogP contribution < -0.4 is 14.4 Å². The molecule has 0 spiro atoms. The van der Waals surface area contributed by atoms with E-state index < -0.39 is 54.9 Å². The maximum Gasteiger partial charge on any atom is 0.417 e. The zero-order chi connectivity index (χ0) is 26.9. The molecule has 1 fully saturated rings. The van der Waals surface area contributed by atoms with E-state index in [2.05, 4.69) is 5.32 Å². The minimum atomic E-state index is -4.85. The van der Waals surface area contributed by atoms with Gasteiger partial charge in [-0.1, -0.05) is 11.6 Å². The molecule has 0 aromatic heterocycles. The van der Waals surface area contributed by atoms with E-state index in [0.29, 0.717) is 23.5 Å². The zero-order valence-corrected chi connectivity index (χ0v) is 21.6. The Morgan fingerprint density at radius 1 is 1.11 bits per heavy atom. The molecule has 0 bridgehead atoms. The van der Waals surface area contributed by atoms with Gasteiger partial charge in [0.2, 0.25) is 26.0 Å². The predicted molar refractivity (Wildman–Crippen MR) is 128 cm³/mol. The van der Waals surface area contributed by atoms with Gasteiger partial charge in [0, 0.05) is 13.1 Å². The fourth-order valence-corrected chi connectivity index (χ4v) is 6.25. The number of carbonyl (C=O) groups excluding carboxylic acids is 1. The molecule has 1 aliphatic heterocycles. The fourth-order valence-electron chi connectivity index (χ4n) is 3.63. The standard InChI is InChI=1S/C21H23ClF3N3O6S2/c1-34-19-8-6-15(36(32,33)27-9-3-4-10-27)12-18(19)26-20(29)13-28(35(2,30)31)14-5-7-17(22)16(11-14)21(23,24)25/h5-8,11-12H,3-4,9-10,13H2,1-2H3,(H,26,29). The molecule has 2 aromatic carbocycles. The first-order valence-electron chi connectivity index (χ1n) is 10.5. The van der Waals surface area contributed by atoms with Gasteiger partial charge in [-0.2, -0.15) is 17.5 Å². The summed E-state index contributed by atoms with van der Waals surface area (Å²) in [5.74, 6) is -0.849. The lowest BCUT2D eigenvalue weighted by molar-refractivity contribution is -0.137. The summed E-state index contributed by atoms with van der Waals surface area (Å²) < 4.78 is 97.2. The number of alkyl halides is 3. The molecule has 0 unspecified atom stereocenters. The highest BCUT2D eigenvalue weighted by Crippen LogP contribution is 2.37. The lowest BCUT2D eigenvalue weighted by Gasteiger charge is -2.23. The summed E-state index contributed by atoms with van der Waals surface area (Å²) >= 11 is 5.61. The van der Waals surface area contributed by atoms with E-state index in [4.69, 9.17) is 16.3 Å². The number of amides is 1. The molecule has 1 N–H and O–H groups in total. The Hall–Kier alpha value is -2.55. The van der Waals surface area contributed by atoms with Crippen molar-refractivity contribution in [2.45, 2.75) is 23.9 Å². The lowest BCUT2D eigenvalue weighted by atomic mass is 10.2. The summed E-state index contributed by atoms with van der Waals surface area (Å²) in [6.45, 7) is -0.176. The zero-order valence-electron chi connectivity index (χ0n) is 19.2. The molecular weight excluding hydrogens is 547 g/mol. The third kappa shape index (κ3) is 6.22. The summed E-state index contributed by atoms with van der Waals surface area (Å²) in [5, 5.41) is 1.76. The average molecular weight is 570 g/mol. The number of hydrogen-bond donors (Lipinski definition) is 1. The lowest BCUT2D eigenvalue weighted by Crippen LogP contribution is -2.37. The Morgan fingerprint density at radius 3 is 2.31 bits per heavy atom. The van der Waals surface area contributed by atoms with Gasteiger partial charge < -0.3 is 10.1 Å². The van der Waals surface area contributed by atoms with Crippen LogP contribution in [0.4, 0.5) is 24.5 Å². The van der Waals surface area contributed by atoms with Gasteiger partial charge in [-0.3, -0.25) is 9.10 Å². The second-order valence-corrected chi connectivity index (χ2v) is 12.2. The highest BCUT2D eigenvalue weighted by molar-refractivity contribution is 7.92. The molecule has 1 heterocycles. The highest BCUT2D eigenvalue weighted by atomic mass is 35.5. The van der Waals surface area contributed by atoms with Gasteiger partial charge in [-0.15, -0.1) is 0 Å². The first-order chi connectivity index (χ1) is 16.6. The van der Waals surface area contributed by atoms with E-state index in [1.165, 1.54) is 29.6 Å². The summed E-state index contributed by atoms with van der Waals surface area (Å²) in [7, 11) is -6.76. The van der Waals surface area contributed by atoms with Crippen LogP contribution >= 0.6 is 11.6 Å². The smallest absolute Gasteiger partial charge is 0.417 e. The summed E-state index contributed by atoms with van der Waals surface area (Å²) in [6.07, 6.45) is -2.68. The first kappa shape index (κ1) is 28.0. The third-order valence-corrected chi connectivity index (χ3v) is 8.74. The van der Waals surface area contributed by atoms with E-state index in [1.54, 1.807) is 0 Å². The van der Waals surface area contributed by atoms with Crippen molar-refractivity contribution < 1.29 is 39.5 Å². The molecule has 36 heavy (non-hydrogen) atoms. The van der Waals surface area contributed by atoms with E-state index in [9.17, 15) is 34.8 Å². The summed E-state index contributed by atoms with van der Waals surface area (Å²) in [6, 6.07) is 6.28. The van der Waals surface area contributed by atoms with E-state index in [-0.39, 0.29) is 16.3 Å². The van der Waals surface area contributed by atoms with Crippen molar-refractivity contribution in [3.05, 3.63) is 47.0 Å². The number of methoxy groups -OCH3 is 1. The Bertz CT molecular complexity index is 1360. The molecule has 1 aliphatic rings. The van der Waals surface area contributed by atoms with Crippen LogP contribution in [0.3, 0.4) is 0 Å². The number of nitrogens with one attached hydrogen (secondary N) is 1. The largest absolute Gasteiger partial charge is 0.495 e. The number of benzene rings is 2. The summed E-state index contributed by atoms with van der Waals surface area (Å²) in [5.41, 5.74) is -1.75. The van der Waals surface area contributed by atoms with Crippen LogP contribution in [0.25, 0.3) is 0 Å². The molecule has 3 rings (SSSR count). The van der Waals surface area contributed by atoms with Crippen LogP contribution in [0.1, 0.15) is 18.4 Å². The Morgan fingerprint density at radius 2 is 1.75 bits per heavy atom. The Balaban J connectivity index is 1.91. The second kappa shape index (κ2) is 10.4. The van der Waals surface area contributed by atoms with Gasteiger partial charge in [0.25, 0.3) is 0 Å². The van der Waals surface area contributed by atoms with Gasteiger partial charge in [-0.05, 0) is 49.2 Å². The molecule has 1 amide bonds. The fraction of sp³-hybridized carbons (Fsp3) is 0.381. The SMILES string of the molecule is COc1ccc(S(=O)(=O)N2CCCC2)cc1NC(=O)CN(c1ccc(Cl)c(C(F)(F)F)c1)S(C)(=O)=O. The molecule has 0 saturated carbocycles. The van der Waals surface area contributed by atoms with Crippen molar-refractivity contribution in [1.82, 2.24) is 4.31 Å². The van der Waals surface area contributed by atoms with Crippen molar-refractivity contribution in [3.8, 4) is 5.75 Å². The Kier molecular flexibility index (Phi) is 8.13. The molecule has 0 atom stereocenters. The van der Waals surface area contributed by atoms with Crippen molar-refractivity contribution in [2.24, 2.45) is 0 Å². The van der Waals surface area contributed by atoms with E-state index in [0.717, 1.165) is 31.2 Å². The Labute approximate surface area is 211 Å². The van der Waals surface area contributed by atoms with Gasteiger partial charge in [-0.25, -0.2) is 16.8 Å². The van der Waals surface area contributed by atoms with E-state index in [1.807, 2.05) is 0 Å². The van der Waals surface area contributed by atoms with Crippen LogP contribution in [-0.4, -0.2) is 60.0 Å². The van der Waals surface area contributed by atoms with Crippen molar-refractivity contribution in [2.75, 3.05) is 42.6 Å². The first-order valence-corrected chi connectivity index (χ1v) is 14.1. The number of rotatable bonds is 8. The van der Waals surface area contributed by atoms with E-state index >= 15 is 0 Å². The van der Waals surface area contributed by atoms with Gasteiger partial charge in [0.05, 0.1) is 40.2 Å². The van der Waals surface area contributed by atoms with Crippen LogP contribution in [0.15, 0.2) is 41.3 Å². The number of hydrogen-bond acceptors (Lipinski definition) is 6. The molecule has 198 valence electrons. The molecule has 9 nitrogen and oxygen atoms in total. The molecule has 15 heteroatoms. The maximum absolute atomic E-state index is 13.3. The molecule has 0 radical (unpaired) electrons. The number of halogens is 4. The van der Waals surface area contributed by atoms with Crippen LogP contribution in [-0.2, 0) is 31.0 Å². The highest BCUT2D eigenvalue weighted by Gasteiger charge is 2.35. The van der Waals surface area contributed by atoms with Gasteiger partial charge in [0.15, 0.2) is 0 Å². The van der Waals surface area contributed by atoms with Gasteiger partial charge in [0.1, 0.15) is 12.3 Å². The number of sulfonamides is 2. The van der Waals surface area contributed by atoms with Crippen LogP contribution in [0.5, 0.6) is 5.75 Å². The third-order valence-electron chi connectivity index (χ3n) is 5.38.